The number of hydrogen-bond acceptors (Lipinski definition) is 4. The lowest BCUT2D eigenvalue weighted by Gasteiger charge is -2.16. The first-order valence-electron chi connectivity index (χ1n) is 8.15. The Labute approximate surface area is 140 Å². The van der Waals surface area contributed by atoms with E-state index in [-0.39, 0.29) is 11.8 Å². The van der Waals surface area contributed by atoms with Crippen molar-refractivity contribution in [2.75, 3.05) is 13.1 Å². The van der Waals surface area contributed by atoms with Crippen LogP contribution in [-0.2, 0) is 0 Å². The lowest BCUT2D eigenvalue weighted by Crippen LogP contribution is -2.28. The standard InChI is InChI=1S/C18H19N5O/c1-11-5-7-19-17(20-11)14-6-8-23(10-14)18(24)13-3-4-15-16(9-13)22-12(2)21-15/h3-5,7,9,14H,6,8,10H2,1-2H3,(H,21,22). The maximum Gasteiger partial charge on any atom is 0.253 e. The summed E-state index contributed by atoms with van der Waals surface area (Å²) in [5, 5.41) is 0. The summed E-state index contributed by atoms with van der Waals surface area (Å²) >= 11 is 0. The van der Waals surface area contributed by atoms with Gasteiger partial charge in [0.25, 0.3) is 5.91 Å². The van der Waals surface area contributed by atoms with E-state index in [9.17, 15) is 4.79 Å². The number of aromatic amines is 1. The van der Waals surface area contributed by atoms with Gasteiger partial charge in [-0.15, -0.1) is 0 Å². The summed E-state index contributed by atoms with van der Waals surface area (Å²) in [5.41, 5.74) is 3.44. The van der Waals surface area contributed by atoms with E-state index in [1.165, 1.54) is 0 Å². The van der Waals surface area contributed by atoms with Crippen molar-refractivity contribution in [1.82, 2.24) is 24.8 Å². The highest BCUT2D eigenvalue weighted by molar-refractivity contribution is 5.97. The zero-order valence-corrected chi connectivity index (χ0v) is 13.8. The minimum atomic E-state index is 0.0549. The fourth-order valence-corrected chi connectivity index (χ4v) is 3.27. The van der Waals surface area contributed by atoms with Gasteiger partial charge in [0.1, 0.15) is 11.6 Å². The number of nitrogens with one attached hydrogen (secondary N) is 1. The number of H-pyrrole nitrogens is 1. The number of benzene rings is 1. The van der Waals surface area contributed by atoms with Crippen molar-refractivity contribution in [3.8, 4) is 0 Å². The van der Waals surface area contributed by atoms with Crippen LogP contribution >= 0.6 is 0 Å². The van der Waals surface area contributed by atoms with Crippen LogP contribution in [0.2, 0.25) is 0 Å². The molecular formula is C18H19N5O. The summed E-state index contributed by atoms with van der Waals surface area (Å²) in [6.45, 7) is 5.28. The molecule has 6 heteroatoms. The van der Waals surface area contributed by atoms with Crippen LogP contribution in [0.4, 0.5) is 0 Å². The molecule has 1 aliphatic heterocycles. The van der Waals surface area contributed by atoms with E-state index in [0.717, 1.165) is 41.3 Å². The molecule has 0 bridgehead atoms. The molecule has 24 heavy (non-hydrogen) atoms. The number of rotatable bonds is 2. The van der Waals surface area contributed by atoms with Crippen LogP contribution in [0.3, 0.4) is 0 Å². The Morgan fingerprint density at radius 3 is 2.96 bits per heavy atom. The number of likely N-dealkylation sites (tertiary alicyclic amines) is 1. The summed E-state index contributed by atoms with van der Waals surface area (Å²) in [7, 11) is 0. The number of imidazole rings is 1. The smallest absolute Gasteiger partial charge is 0.253 e. The van der Waals surface area contributed by atoms with Gasteiger partial charge in [0.05, 0.1) is 11.0 Å². The van der Waals surface area contributed by atoms with Gasteiger partial charge in [-0.3, -0.25) is 4.79 Å². The predicted molar refractivity (Wildman–Crippen MR) is 90.9 cm³/mol. The van der Waals surface area contributed by atoms with Gasteiger partial charge in [0, 0.05) is 36.5 Å². The van der Waals surface area contributed by atoms with Crippen molar-refractivity contribution in [2.45, 2.75) is 26.2 Å². The molecule has 2 aromatic heterocycles. The van der Waals surface area contributed by atoms with Crippen LogP contribution in [0.1, 0.15) is 40.0 Å². The number of carbonyl (C=O) groups excluding carboxylic acids is 1. The van der Waals surface area contributed by atoms with Crippen molar-refractivity contribution in [3.63, 3.8) is 0 Å². The maximum atomic E-state index is 12.8. The van der Waals surface area contributed by atoms with E-state index < -0.39 is 0 Å². The SMILES string of the molecule is Cc1ccnc(C2CCN(C(=O)c3ccc4nc(C)[nH]c4c3)C2)n1. The maximum absolute atomic E-state index is 12.8. The fourth-order valence-electron chi connectivity index (χ4n) is 3.27. The number of aryl methyl sites for hydroxylation is 2. The Balaban J connectivity index is 1.54. The second kappa shape index (κ2) is 5.70. The zero-order valence-electron chi connectivity index (χ0n) is 13.8. The molecule has 1 atom stereocenters. The van der Waals surface area contributed by atoms with Crippen molar-refractivity contribution < 1.29 is 4.79 Å². The third-order valence-corrected chi connectivity index (χ3v) is 4.50. The van der Waals surface area contributed by atoms with Crippen LogP contribution in [0.25, 0.3) is 11.0 Å². The second-order valence-electron chi connectivity index (χ2n) is 6.35. The van der Waals surface area contributed by atoms with Crippen molar-refractivity contribution in [1.29, 1.82) is 0 Å². The second-order valence-corrected chi connectivity index (χ2v) is 6.35. The minimum Gasteiger partial charge on any atom is -0.342 e. The topological polar surface area (TPSA) is 74.8 Å². The van der Waals surface area contributed by atoms with Crippen LogP contribution < -0.4 is 0 Å². The van der Waals surface area contributed by atoms with Gasteiger partial charge in [-0.2, -0.15) is 0 Å². The Bertz CT molecular complexity index is 917. The molecule has 1 aromatic carbocycles. The molecule has 1 aliphatic rings. The molecule has 1 N–H and O–H groups in total. The molecule has 4 rings (SSSR count). The molecule has 1 saturated heterocycles. The van der Waals surface area contributed by atoms with Gasteiger partial charge in [-0.05, 0) is 44.5 Å². The number of hydrogen-bond donors (Lipinski definition) is 1. The molecule has 1 amide bonds. The summed E-state index contributed by atoms with van der Waals surface area (Å²) in [4.78, 5) is 31.1. The van der Waals surface area contributed by atoms with Gasteiger partial charge in [0.15, 0.2) is 0 Å². The van der Waals surface area contributed by atoms with Crippen molar-refractivity contribution in [3.05, 3.63) is 53.4 Å². The van der Waals surface area contributed by atoms with E-state index in [0.29, 0.717) is 12.1 Å². The van der Waals surface area contributed by atoms with E-state index in [1.54, 1.807) is 6.20 Å². The number of nitrogens with zero attached hydrogens (tertiary/aromatic N) is 4. The van der Waals surface area contributed by atoms with Crippen LogP contribution in [0.5, 0.6) is 0 Å². The molecular weight excluding hydrogens is 302 g/mol. The quantitative estimate of drug-likeness (QED) is 0.787. The first kappa shape index (κ1) is 14.8. The third-order valence-electron chi connectivity index (χ3n) is 4.50. The van der Waals surface area contributed by atoms with Gasteiger partial charge in [-0.25, -0.2) is 15.0 Å². The highest BCUT2D eigenvalue weighted by atomic mass is 16.2. The summed E-state index contributed by atoms with van der Waals surface area (Å²) in [5.74, 6) is 1.96. The Morgan fingerprint density at radius 2 is 2.12 bits per heavy atom. The molecule has 122 valence electrons. The van der Waals surface area contributed by atoms with Gasteiger partial charge >= 0.3 is 0 Å². The lowest BCUT2D eigenvalue weighted by molar-refractivity contribution is 0.0790. The first-order valence-corrected chi connectivity index (χ1v) is 8.15. The zero-order chi connectivity index (χ0) is 16.7. The number of fused-ring (bicyclic) bond motifs is 1. The van der Waals surface area contributed by atoms with E-state index in [2.05, 4.69) is 19.9 Å². The molecule has 0 radical (unpaired) electrons. The van der Waals surface area contributed by atoms with E-state index >= 15 is 0 Å². The Hall–Kier alpha value is -2.76. The Morgan fingerprint density at radius 1 is 1.25 bits per heavy atom. The van der Waals surface area contributed by atoms with E-state index in [1.807, 2.05) is 43.0 Å². The average Bonchev–Trinajstić information content (AvgIpc) is 3.19. The lowest BCUT2D eigenvalue weighted by atomic mass is 10.1. The average molecular weight is 321 g/mol. The van der Waals surface area contributed by atoms with Crippen LogP contribution in [0, 0.1) is 13.8 Å². The molecule has 6 nitrogen and oxygen atoms in total. The van der Waals surface area contributed by atoms with Gasteiger partial charge < -0.3 is 9.88 Å². The van der Waals surface area contributed by atoms with E-state index in [4.69, 9.17) is 0 Å². The monoisotopic (exact) mass is 321 g/mol. The number of carbonyl (C=O) groups is 1. The normalized spacial score (nSPS) is 17.6. The minimum absolute atomic E-state index is 0.0549. The highest BCUT2D eigenvalue weighted by Crippen LogP contribution is 2.26. The summed E-state index contributed by atoms with van der Waals surface area (Å²) < 4.78 is 0. The fraction of sp³-hybridized carbons (Fsp3) is 0.333. The van der Waals surface area contributed by atoms with Crippen LogP contribution in [-0.4, -0.2) is 43.8 Å². The molecule has 0 aliphatic carbocycles. The third kappa shape index (κ3) is 2.64. The van der Waals surface area contributed by atoms with Crippen LogP contribution in [0.15, 0.2) is 30.5 Å². The molecule has 3 heterocycles. The number of amides is 1. The molecule has 3 aromatic rings. The van der Waals surface area contributed by atoms with Gasteiger partial charge in [0.2, 0.25) is 0 Å². The largest absolute Gasteiger partial charge is 0.342 e. The first-order chi connectivity index (χ1) is 11.6. The molecule has 0 saturated carbocycles. The molecule has 0 spiro atoms. The highest BCUT2D eigenvalue weighted by Gasteiger charge is 2.29. The predicted octanol–water partition coefficient (Wildman–Crippen LogP) is 2.60. The summed E-state index contributed by atoms with van der Waals surface area (Å²) in [6.07, 6.45) is 2.69. The summed E-state index contributed by atoms with van der Waals surface area (Å²) in [6, 6.07) is 7.52. The van der Waals surface area contributed by atoms with Crippen molar-refractivity contribution in [2.24, 2.45) is 0 Å². The molecule has 1 unspecified atom stereocenters. The Kier molecular flexibility index (Phi) is 3.52. The van der Waals surface area contributed by atoms with Crippen molar-refractivity contribution >= 4 is 16.9 Å². The van der Waals surface area contributed by atoms with Gasteiger partial charge in [-0.1, -0.05) is 0 Å². The molecule has 1 fully saturated rings. The number of aromatic nitrogens is 4.